The van der Waals surface area contributed by atoms with Gasteiger partial charge in [0.1, 0.15) is 11.9 Å². The molecule has 1 unspecified atom stereocenters. The first-order chi connectivity index (χ1) is 11.0. The second-order valence-corrected chi connectivity index (χ2v) is 5.29. The number of nitrogens with zero attached hydrogens (tertiary/aromatic N) is 1. The number of rotatable bonds is 4. The zero-order valence-corrected chi connectivity index (χ0v) is 13.0. The molecule has 0 aromatic heterocycles. The molecular formula is C19H17FN2O. The van der Waals surface area contributed by atoms with Gasteiger partial charge in [-0.2, -0.15) is 5.26 Å². The standard InChI is InChI=1S/C19H17FN2O/c1-13-7-8-15(14(2)11-13)9-10-19(23)22-18(12-21)16-5-3-4-6-17(16)20/h3-11,18H,1-2H3,(H,22,23)/b10-9+. The van der Waals surface area contributed by atoms with Crippen molar-refractivity contribution in [3.8, 4) is 6.07 Å². The lowest BCUT2D eigenvalue weighted by Gasteiger charge is -2.11. The monoisotopic (exact) mass is 308 g/mol. The number of aryl methyl sites for hydroxylation is 2. The molecule has 3 nitrogen and oxygen atoms in total. The van der Waals surface area contributed by atoms with Crippen molar-refractivity contribution in [2.75, 3.05) is 0 Å². The Kier molecular flexibility index (Phi) is 5.27. The van der Waals surface area contributed by atoms with E-state index in [1.54, 1.807) is 12.1 Å². The van der Waals surface area contributed by atoms with Crippen LogP contribution >= 0.6 is 0 Å². The zero-order chi connectivity index (χ0) is 16.8. The molecule has 0 saturated heterocycles. The van der Waals surface area contributed by atoms with E-state index in [9.17, 15) is 9.18 Å². The molecule has 0 aliphatic rings. The third-order valence-corrected chi connectivity index (χ3v) is 3.47. The fraction of sp³-hybridized carbons (Fsp3) is 0.158. The minimum atomic E-state index is -1.02. The summed E-state index contributed by atoms with van der Waals surface area (Å²) in [6, 6.07) is 12.7. The highest BCUT2D eigenvalue weighted by Crippen LogP contribution is 2.16. The Bertz CT molecular complexity index is 790. The number of hydrogen-bond acceptors (Lipinski definition) is 2. The van der Waals surface area contributed by atoms with E-state index in [0.29, 0.717) is 0 Å². The van der Waals surface area contributed by atoms with Gasteiger partial charge in [-0.3, -0.25) is 4.79 Å². The summed E-state index contributed by atoms with van der Waals surface area (Å²) in [4.78, 5) is 12.0. The SMILES string of the molecule is Cc1ccc(/C=C/C(=O)NC(C#N)c2ccccc2F)c(C)c1. The Labute approximate surface area is 135 Å². The van der Waals surface area contributed by atoms with E-state index in [0.717, 1.165) is 16.7 Å². The fourth-order valence-corrected chi connectivity index (χ4v) is 2.26. The number of nitrogens with one attached hydrogen (secondary N) is 1. The minimum Gasteiger partial charge on any atom is -0.333 e. The van der Waals surface area contributed by atoms with Gasteiger partial charge in [-0.15, -0.1) is 0 Å². The Morgan fingerprint density at radius 2 is 2.00 bits per heavy atom. The van der Waals surface area contributed by atoms with Gasteiger partial charge in [-0.05, 0) is 37.1 Å². The summed E-state index contributed by atoms with van der Waals surface area (Å²) in [5.41, 5.74) is 3.28. The summed E-state index contributed by atoms with van der Waals surface area (Å²) in [6.45, 7) is 3.96. The van der Waals surface area contributed by atoms with E-state index in [2.05, 4.69) is 5.32 Å². The lowest BCUT2D eigenvalue weighted by Crippen LogP contribution is -2.26. The lowest BCUT2D eigenvalue weighted by molar-refractivity contribution is -0.116. The quantitative estimate of drug-likeness (QED) is 0.873. The molecule has 2 aromatic carbocycles. The summed E-state index contributed by atoms with van der Waals surface area (Å²) in [5, 5.41) is 11.7. The van der Waals surface area contributed by atoms with Crippen molar-refractivity contribution >= 4 is 12.0 Å². The summed E-state index contributed by atoms with van der Waals surface area (Å²) in [5.74, 6) is -0.961. The van der Waals surface area contributed by atoms with E-state index in [1.165, 1.54) is 24.3 Å². The molecule has 0 fully saturated rings. The van der Waals surface area contributed by atoms with E-state index in [1.807, 2.05) is 38.1 Å². The predicted molar refractivity (Wildman–Crippen MR) is 87.8 cm³/mol. The highest BCUT2D eigenvalue weighted by Gasteiger charge is 2.15. The van der Waals surface area contributed by atoms with Gasteiger partial charge in [0.25, 0.3) is 0 Å². The molecule has 0 spiro atoms. The van der Waals surface area contributed by atoms with E-state index in [4.69, 9.17) is 5.26 Å². The molecule has 1 N–H and O–H groups in total. The van der Waals surface area contributed by atoms with Gasteiger partial charge in [0.2, 0.25) is 5.91 Å². The molecule has 0 saturated carbocycles. The van der Waals surface area contributed by atoms with Crippen molar-refractivity contribution in [3.05, 3.63) is 76.6 Å². The molecule has 2 aromatic rings. The summed E-state index contributed by atoms with van der Waals surface area (Å²) < 4.78 is 13.7. The normalized spacial score (nSPS) is 11.9. The van der Waals surface area contributed by atoms with Crippen LogP contribution in [0.3, 0.4) is 0 Å². The van der Waals surface area contributed by atoms with Gasteiger partial charge in [0.15, 0.2) is 0 Å². The second kappa shape index (κ2) is 7.37. The predicted octanol–water partition coefficient (Wildman–Crippen LogP) is 3.84. The Morgan fingerprint density at radius 3 is 2.65 bits per heavy atom. The third-order valence-electron chi connectivity index (χ3n) is 3.47. The van der Waals surface area contributed by atoms with Crippen LogP contribution in [0.2, 0.25) is 0 Å². The van der Waals surface area contributed by atoms with Crippen molar-refractivity contribution in [1.82, 2.24) is 5.32 Å². The van der Waals surface area contributed by atoms with Crippen LogP contribution in [0.4, 0.5) is 4.39 Å². The van der Waals surface area contributed by atoms with Crippen LogP contribution in [0.5, 0.6) is 0 Å². The van der Waals surface area contributed by atoms with Gasteiger partial charge in [0.05, 0.1) is 6.07 Å². The molecule has 0 aliphatic carbocycles. The van der Waals surface area contributed by atoms with Gasteiger partial charge < -0.3 is 5.32 Å². The van der Waals surface area contributed by atoms with Crippen LogP contribution in [0.25, 0.3) is 6.08 Å². The fourth-order valence-electron chi connectivity index (χ4n) is 2.26. The number of halogens is 1. The Balaban J connectivity index is 2.10. The minimum absolute atomic E-state index is 0.156. The van der Waals surface area contributed by atoms with Gasteiger partial charge in [-0.25, -0.2) is 4.39 Å². The molecule has 0 aliphatic heterocycles. The molecule has 0 bridgehead atoms. The maximum absolute atomic E-state index is 13.7. The highest BCUT2D eigenvalue weighted by atomic mass is 19.1. The molecular weight excluding hydrogens is 291 g/mol. The largest absolute Gasteiger partial charge is 0.333 e. The average molecular weight is 308 g/mol. The number of nitriles is 1. The van der Waals surface area contributed by atoms with Crippen LogP contribution in [-0.4, -0.2) is 5.91 Å². The van der Waals surface area contributed by atoms with Crippen LogP contribution < -0.4 is 5.32 Å². The number of benzene rings is 2. The summed E-state index contributed by atoms with van der Waals surface area (Å²) in [7, 11) is 0. The van der Waals surface area contributed by atoms with Crippen molar-refractivity contribution in [2.45, 2.75) is 19.9 Å². The summed E-state index contributed by atoms with van der Waals surface area (Å²) in [6.07, 6.45) is 3.03. The molecule has 0 radical (unpaired) electrons. The van der Waals surface area contributed by atoms with E-state index in [-0.39, 0.29) is 5.56 Å². The molecule has 0 heterocycles. The van der Waals surface area contributed by atoms with Crippen LogP contribution in [0, 0.1) is 31.0 Å². The van der Waals surface area contributed by atoms with Crippen LogP contribution in [0.15, 0.2) is 48.5 Å². The maximum Gasteiger partial charge on any atom is 0.245 e. The number of carbonyl (C=O) groups is 1. The molecule has 1 atom stereocenters. The second-order valence-electron chi connectivity index (χ2n) is 5.29. The molecule has 116 valence electrons. The van der Waals surface area contributed by atoms with Crippen molar-refractivity contribution in [1.29, 1.82) is 5.26 Å². The zero-order valence-electron chi connectivity index (χ0n) is 13.0. The maximum atomic E-state index is 13.7. The molecule has 4 heteroatoms. The number of carbonyl (C=O) groups excluding carboxylic acids is 1. The Morgan fingerprint density at radius 1 is 1.26 bits per heavy atom. The Hall–Kier alpha value is -2.93. The molecule has 1 amide bonds. The third kappa shape index (κ3) is 4.27. The first-order valence-electron chi connectivity index (χ1n) is 7.21. The number of hydrogen-bond donors (Lipinski definition) is 1. The van der Waals surface area contributed by atoms with Crippen molar-refractivity contribution in [3.63, 3.8) is 0 Å². The van der Waals surface area contributed by atoms with Crippen molar-refractivity contribution in [2.24, 2.45) is 0 Å². The van der Waals surface area contributed by atoms with E-state index < -0.39 is 17.8 Å². The van der Waals surface area contributed by atoms with Crippen LogP contribution in [-0.2, 0) is 4.79 Å². The summed E-state index contributed by atoms with van der Waals surface area (Å²) >= 11 is 0. The van der Waals surface area contributed by atoms with Gasteiger partial charge >= 0.3 is 0 Å². The number of amides is 1. The van der Waals surface area contributed by atoms with E-state index >= 15 is 0 Å². The van der Waals surface area contributed by atoms with Gasteiger partial charge in [-0.1, -0.05) is 42.0 Å². The lowest BCUT2D eigenvalue weighted by atomic mass is 10.1. The first kappa shape index (κ1) is 16.4. The molecule has 23 heavy (non-hydrogen) atoms. The topological polar surface area (TPSA) is 52.9 Å². The highest BCUT2D eigenvalue weighted by molar-refractivity contribution is 5.92. The molecule has 2 rings (SSSR count). The van der Waals surface area contributed by atoms with Crippen LogP contribution in [0.1, 0.15) is 28.3 Å². The first-order valence-corrected chi connectivity index (χ1v) is 7.21. The smallest absolute Gasteiger partial charge is 0.245 e. The average Bonchev–Trinajstić information content (AvgIpc) is 2.52. The van der Waals surface area contributed by atoms with Crippen molar-refractivity contribution < 1.29 is 9.18 Å². The van der Waals surface area contributed by atoms with Gasteiger partial charge in [0, 0.05) is 11.6 Å².